The Morgan fingerprint density at radius 1 is 1.33 bits per heavy atom. The second-order valence-electron chi connectivity index (χ2n) is 6.08. The molecule has 1 aliphatic rings. The summed E-state index contributed by atoms with van der Waals surface area (Å²) in [5.74, 6) is 0.415. The third-order valence-electron chi connectivity index (χ3n) is 4.44. The van der Waals surface area contributed by atoms with E-state index < -0.39 is 11.6 Å². The van der Waals surface area contributed by atoms with E-state index >= 15 is 0 Å². The lowest BCUT2D eigenvalue weighted by molar-refractivity contribution is -0.131. The molecule has 1 saturated heterocycles. The number of aryl methyl sites for hydroxylation is 2. The first-order valence-corrected chi connectivity index (χ1v) is 8.02. The van der Waals surface area contributed by atoms with Gasteiger partial charge in [0, 0.05) is 17.1 Å². The molecular weight excluding hydrogens is 330 g/mol. The maximum atomic E-state index is 12.8. The van der Waals surface area contributed by atoms with Crippen molar-refractivity contribution in [3.05, 3.63) is 51.9 Å². The number of carbonyl (C=O) groups is 2. The number of benzene rings is 1. The SMILES string of the molecule is Cc1noc(C)c1CCN1C(=O)NC(C)(c2cccc(Cl)c2)C1=O. The summed E-state index contributed by atoms with van der Waals surface area (Å²) in [5, 5.41) is 7.18. The van der Waals surface area contributed by atoms with Crippen LogP contribution in [0, 0.1) is 13.8 Å². The van der Waals surface area contributed by atoms with Crippen LogP contribution in [0.1, 0.15) is 29.5 Å². The molecule has 1 aromatic carbocycles. The van der Waals surface area contributed by atoms with Gasteiger partial charge in [0.05, 0.1) is 5.69 Å². The highest BCUT2D eigenvalue weighted by Gasteiger charge is 2.48. The van der Waals surface area contributed by atoms with E-state index in [1.54, 1.807) is 31.2 Å². The van der Waals surface area contributed by atoms with Crippen molar-refractivity contribution in [3.8, 4) is 0 Å². The number of rotatable bonds is 4. The van der Waals surface area contributed by atoms with Crippen LogP contribution in [0.25, 0.3) is 0 Å². The van der Waals surface area contributed by atoms with Crippen molar-refractivity contribution in [3.63, 3.8) is 0 Å². The van der Waals surface area contributed by atoms with Crippen molar-refractivity contribution in [2.45, 2.75) is 32.7 Å². The second-order valence-corrected chi connectivity index (χ2v) is 6.51. The summed E-state index contributed by atoms with van der Waals surface area (Å²) in [5.41, 5.74) is 1.25. The minimum Gasteiger partial charge on any atom is -0.361 e. The summed E-state index contributed by atoms with van der Waals surface area (Å²) in [7, 11) is 0. The highest BCUT2D eigenvalue weighted by atomic mass is 35.5. The maximum Gasteiger partial charge on any atom is 0.325 e. The summed E-state index contributed by atoms with van der Waals surface area (Å²) >= 11 is 6.01. The van der Waals surface area contributed by atoms with Crippen LogP contribution in [-0.2, 0) is 16.8 Å². The van der Waals surface area contributed by atoms with Gasteiger partial charge in [0.15, 0.2) is 0 Å². The van der Waals surface area contributed by atoms with E-state index in [0.717, 1.165) is 11.3 Å². The van der Waals surface area contributed by atoms with Crippen LogP contribution in [0.2, 0.25) is 5.02 Å². The van der Waals surface area contributed by atoms with Gasteiger partial charge >= 0.3 is 6.03 Å². The van der Waals surface area contributed by atoms with Gasteiger partial charge in [-0.15, -0.1) is 0 Å². The summed E-state index contributed by atoms with van der Waals surface area (Å²) < 4.78 is 5.12. The van der Waals surface area contributed by atoms with E-state index in [1.165, 1.54) is 4.90 Å². The molecule has 0 bridgehead atoms. The molecular formula is C17H18ClN3O3. The van der Waals surface area contributed by atoms with Gasteiger partial charge in [-0.05, 0) is 44.9 Å². The highest BCUT2D eigenvalue weighted by Crippen LogP contribution is 2.30. The second kappa shape index (κ2) is 5.94. The van der Waals surface area contributed by atoms with E-state index in [-0.39, 0.29) is 12.5 Å². The number of hydrogen-bond donors (Lipinski definition) is 1. The molecule has 2 aromatic rings. The number of nitrogens with one attached hydrogen (secondary N) is 1. The summed E-state index contributed by atoms with van der Waals surface area (Å²) in [4.78, 5) is 26.4. The van der Waals surface area contributed by atoms with Crippen LogP contribution in [0.4, 0.5) is 4.79 Å². The van der Waals surface area contributed by atoms with Gasteiger partial charge < -0.3 is 9.84 Å². The molecule has 1 aromatic heterocycles. The smallest absolute Gasteiger partial charge is 0.325 e. The van der Waals surface area contributed by atoms with E-state index in [0.29, 0.717) is 22.8 Å². The van der Waals surface area contributed by atoms with Crippen molar-refractivity contribution in [2.24, 2.45) is 0 Å². The zero-order valence-electron chi connectivity index (χ0n) is 13.7. The average molecular weight is 348 g/mol. The molecule has 1 unspecified atom stereocenters. The molecule has 3 rings (SSSR count). The molecule has 1 atom stereocenters. The average Bonchev–Trinajstić information content (AvgIpc) is 2.96. The van der Waals surface area contributed by atoms with Crippen molar-refractivity contribution >= 4 is 23.5 Å². The minimum absolute atomic E-state index is 0.268. The van der Waals surface area contributed by atoms with Crippen LogP contribution in [0.3, 0.4) is 0 Å². The van der Waals surface area contributed by atoms with Gasteiger partial charge in [0.1, 0.15) is 11.3 Å². The van der Waals surface area contributed by atoms with Crippen LogP contribution >= 0.6 is 11.6 Å². The number of aromatic nitrogens is 1. The third-order valence-corrected chi connectivity index (χ3v) is 4.68. The lowest BCUT2D eigenvalue weighted by Gasteiger charge is -2.22. The number of nitrogens with zero attached hydrogens (tertiary/aromatic N) is 2. The van der Waals surface area contributed by atoms with Crippen LogP contribution in [0.15, 0.2) is 28.8 Å². The Labute approximate surface area is 144 Å². The van der Waals surface area contributed by atoms with Gasteiger partial charge in [0.25, 0.3) is 5.91 Å². The Hall–Kier alpha value is -2.34. The van der Waals surface area contributed by atoms with Gasteiger partial charge in [-0.25, -0.2) is 4.79 Å². The summed E-state index contributed by atoms with van der Waals surface area (Å²) in [6.07, 6.45) is 0.506. The first-order chi connectivity index (χ1) is 11.3. The quantitative estimate of drug-likeness (QED) is 0.863. The van der Waals surface area contributed by atoms with Crippen molar-refractivity contribution < 1.29 is 14.1 Å². The Bertz CT molecular complexity index is 798. The summed E-state index contributed by atoms with van der Waals surface area (Å²) in [6.45, 7) is 5.61. The first kappa shape index (κ1) is 16.5. The molecule has 0 radical (unpaired) electrons. The van der Waals surface area contributed by atoms with E-state index in [2.05, 4.69) is 10.5 Å². The number of urea groups is 1. The topological polar surface area (TPSA) is 75.4 Å². The van der Waals surface area contributed by atoms with Gasteiger partial charge in [-0.2, -0.15) is 0 Å². The molecule has 126 valence electrons. The van der Waals surface area contributed by atoms with Gasteiger partial charge in [-0.3, -0.25) is 9.69 Å². The fourth-order valence-electron chi connectivity index (χ4n) is 2.98. The Balaban J connectivity index is 1.81. The largest absolute Gasteiger partial charge is 0.361 e. The van der Waals surface area contributed by atoms with Crippen molar-refractivity contribution in [1.29, 1.82) is 0 Å². The molecule has 3 amide bonds. The Morgan fingerprint density at radius 3 is 2.71 bits per heavy atom. The minimum atomic E-state index is -1.11. The van der Waals surface area contributed by atoms with Gasteiger partial charge in [0.2, 0.25) is 0 Å². The van der Waals surface area contributed by atoms with Gasteiger partial charge in [-0.1, -0.05) is 28.9 Å². The molecule has 1 N–H and O–H groups in total. The van der Waals surface area contributed by atoms with Crippen molar-refractivity contribution in [2.75, 3.05) is 6.54 Å². The molecule has 2 heterocycles. The van der Waals surface area contributed by atoms with Crippen LogP contribution < -0.4 is 5.32 Å². The molecule has 24 heavy (non-hydrogen) atoms. The van der Waals surface area contributed by atoms with Crippen LogP contribution in [0.5, 0.6) is 0 Å². The first-order valence-electron chi connectivity index (χ1n) is 7.65. The zero-order chi connectivity index (χ0) is 17.5. The highest BCUT2D eigenvalue weighted by molar-refractivity contribution is 6.30. The number of carbonyl (C=O) groups excluding carboxylic acids is 2. The Morgan fingerprint density at radius 2 is 2.08 bits per heavy atom. The number of amides is 3. The number of imide groups is 1. The molecule has 0 saturated carbocycles. The normalized spacial score (nSPS) is 20.6. The predicted molar refractivity (Wildman–Crippen MR) is 88.7 cm³/mol. The molecule has 1 aliphatic heterocycles. The van der Waals surface area contributed by atoms with E-state index in [1.807, 2.05) is 13.8 Å². The van der Waals surface area contributed by atoms with E-state index in [4.69, 9.17) is 16.1 Å². The lowest BCUT2D eigenvalue weighted by atomic mass is 9.92. The maximum absolute atomic E-state index is 12.8. The Kier molecular flexibility index (Phi) is 4.09. The van der Waals surface area contributed by atoms with E-state index in [9.17, 15) is 9.59 Å². The fraction of sp³-hybridized carbons (Fsp3) is 0.353. The third kappa shape index (κ3) is 2.67. The molecule has 1 fully saturated rings. The monoisotopic (exact) mass is 347 g/mol. The molecule has 0 aliphatic carbocycles. The zero-order valence-corrected chi connectivity index (χ0v) is 14.5. The number of halogens is 1. The van der Waals surface area contributed by atoms with Crippen molar-refractivity contribution in [1.82, 2.24) is 15.4 Å². The summed E-state index contributed by atoms with van der Waals surface area (Å²) in [6, 6.07) is 6.55. The number of hydrogen-bond acceptors (Lipinski definition) is 4. The molecule has 7 heteroatoms. The molecule has 0 spiro atoms. The van der Waals surface area contributed by atoms with Crippen LogP contribution in [-0.4, -0.2) is 28.5 Å². The predicted octanol–water partition coefficient (Wildman–Crippen LogP) is 2.95. The lowest BCUT2D eigenvalue weighted by Crippen LogP contribution is -2.41. The standard InChI is InChI=1S/C17H18ClN3O3/c1-10-14(11(2)24-20-10)7-8-21-15(22)17(3,19-16(21)23)12-5-4-6-13(18)9-12/h4-6,9H,7-8H2,1-3H3,(H,19,23). The fourth-order valence-corrected chi connectivity index (χ4v) is 3.17. The molecule has 6 nitrogen and oxygen atoms in total.